The molecule has 0 bridgehead atoms. The molecule has 0 aromatic carbocycles. The molecule has 1 N–H and O–H groups in total. The van der Waals surface area contributed by atoms with Crippen molar-refractivity contribution in [2.75, 3.05) is 26.2 Å². The minimum atomic E-state index is -2.26. The van der Waals surface area contributed by atoms with Gasteiger partial charge in [-0.05, 0) is 30.8 Å². The fraction of sp³-hybridized carbons (Fsp3) is 0.714. The van der Waals surface area contributed by atoms with Crippen LogP contribution in [0.2, 0.25) is 0 Å². The van der Waals surface area contributed by atoms with E-state index in [1.54, 1.807) is 11.3 Å². The topological polar surface area (TPSA) is 15.3 Å². The van der Waals surface area contributed by atoms with E-state index in [0.717, 1.165) is 32.5 Å². The molecule has 1 fully saturated rings. The predicted molar refractivity (Wildman–Crippen MR) is 76.2 cm³/mol. The summed E-state index contributed by atoms with van der Waals surface area (Å²) in [5.74, 6) is 0.482. The van der Waals surface area contributed by atoms with Crippen LogP contribution in [0.5, 0.6) is 0 Å². The first kappa shape index (κ1) is 14.9. The van der Waals surface area contributed by atoms with E-state index in [-0.39, 0.29) is 12.6 Å². The molecule has 0 spiro atoms. The summed E-state index contributed by atoms with van der Waals surface area (Å²) in [4.78, 5) is 3.78. The van der Waals surface area contributed by atoms with Gasteiger partial charge >= 0.3 is 0 Å². The predicted octanol–water partition coefficient (Wildman–Crippen LogP) is 3.17. The zero-order valence-electron chi connectivity index (χ0n) is 11.3. The van der Waals surface area contributed by atoms with Gasteiger partial charge in [0.2, 0.25) is 0 Å². The number of alkyl halides is 2. The van der Waals surface area contributed by atoms with Crippen molar-refractivity contribution < 1.29 is 8.78 Å². The summed E-state index contributed by atoms with van der Waals surface area (Å²) in [5, 5.41) is 5.11. The van der Waals surface area contributed by atoms with Crippen molar-refractivity contribution in [1.29, 1.82) is 0 Å². The first-order chi connectivity index (χ1) is 9.19. The lowest BCUT2D eigenvalue weighted by Gasteiger charge is -2.38. The highest BCUT2D eigenvalue weighted by molar-refractivity contribution is 7.10. The highest BCUT2D eigenvalue weighted by Crippen LogP contribution is 2.30. The highest BCUT2D eigenvalue weighted by Gasteiger charge is 2.28. The van der Waals surface area contributed by atoms with Gasteiger partial charge in [-0.15, -0.1) is 11.3 Å². The molecule has 2 atom stereocenters. The first-order valence-electron chi connectivity index (χ1n) is 6.96. The van der Waals surface area contributed by atoms with Crippen LogP contribution in [0.3, 0.4) is 0 Å². The van der Waals surface area contributed by atoms with Gasteiger partial charge in [0, 0.05) is 29.9 Å². The van der Waals surface area contributed by atoms with Crippen LogP contribution in [-0.4, -0.2) is 43.5 Å². The van der Waals surface area contributed by atoms with Gasteiger partial charge in [-0.3, -0.25) is 0 Å². The molecular weight excluding hydrogens is 266 g/mol. The van der Waals surface area contributed by atoms with Gasteiger partial charge in [0.1, 0.15) is 0 Å². The second-order valence-electron chi connectivity index (χ2n) is 5.20. The molecule has 5 heteroatoms. The summed E-state index contributed by atoms with van der Waals surface area (Å²) in [7, 11) is 0. The zero-order chi connectivity index (χ0) is 13.7. The second-order valence-corrected chi connectivity index (χ2v) is 6.18. The third kappa shape index (κ3) is 4.51. The fourth-order valence-electron chi connectivity index (χ4n) is 2.82. The molecule has 108 valence electrons. The standard InChI is InChI=1S/C14H22F2N2S/c1-2-5-18-9-11(13-4-3-6-19-13)7-12(10-18)17-8-14(15)16/h3-4,6,11-12,14,17H,2,5,7-10H2,1H3. The number of nitrogens with zero attached hydrogens (tertiary/aromatic N) is 1. The Balaban J connectivity index is 1.96. The maximum Gasteiger partial charge on any atom is 0.250 e. The SMILES string of the molecule is CCCN1CC(NCC(F)F)CC(c2cccs2)C1. The first-order valence-corrected chi connectivity index (χ1v) is 7.84. The van der Waals surface area contributed by atoms with Crippen LogP contribution in [0.1, 0.15) is 30.6 Å². The summed E-state index contributed by atoms with van der Waals surface area (Å²) in [6, 6.07) is 4.41. The number of hydrogen-bond acceptors (Lipinski definition) is 3. The Morgan fingerprint density at radius 2 is 2.32 bits per heavy atom. The number of halogens is 2. The number of likely N-dealkylation sites (tertiary alicyclic amines) is 1. The largest absolute Gasteiger partial charge is 0.307 e. The molecule has 1 aliphatic heterocycles. The van der Waals surface area contributed by atoms with Gasteiger partial charge in [0.25, 0.3) is 6.43 Å². The molecule has 19 heavy (non-hydrogen) atoms. The molecule has 1 aromatic rings. The van der Waals surface area contributed by atoms with Crippen LogP contribution in [-0.2, 0) is 0 Å². The van der Waals surface area contributed by atoms with Gasteiger partial charge in [0.05, 0.1) is 6.54 Å². The third-order valence-corrected chi connectivity index (χ3v) is 4.61. The van der Waals surface area contributed by atoms with Gasteiger partial charge in [-0.25, -0.2) is 8.78 Å². The monoisotopic (exact) mass is 288 g/mol. The quantitative estimate of drug-likeness (QED) is 0.865. The van der Waals surface area contributed by atoms with E-state index in [0.29, 0.717) is 5.92 Å². The molecular formula is C14H22F2N2S. The van der Waals surface area contributed by atoms with Crippen molar-refractivity contribution in [1.82, 2.24) is 10.2 Å². The highest BCUT2D eigenvalue weighted by atomic mass is 32.1. The lowest BCUT2D eigenvalue weighted by molar-refractivity contribution is 0.121. The van der Waals surface area contributed by atoms with E-state index in [4.69, 9.17) is 0 Å². The molecule has 2 unspecified atom stereocenters. The minimum absolute atomic E-state index is 0.182. The molecule has 0 amide bonds. The molecule has 2 nitrogen and oxygen atoms in total. The van der Waals surface area contributed by atoms with Crippen LogP contribution < -0.4 is 5.32 Å². The molecule has 2 rings (SSSR count). The average Bonchev–Trinajstić information content (AvgIpc) is 2.90. The number of nitrogens with one attached hydrogen (secondary N) is 1. The Bertz CT molecular complexity index is 356. The minimum Gasteiger partial charge on any atom is -0.307 e. The third-order valence-electron chi connectivity index (χ3n) is 3.57. The van der Waals surface area contributed by atoms with Crippen LogP contribution in [0, 0.1) is 0 Å². The lowest BCUT2D eigenvalue weighted by atomic mass is 9.92. The van der Waals surface area contributed by atoms with Gasteiger partial charge in [-0.2, -0.15) is 0 Å². The van der Waals surface area contributed by atoms with E-state index < -0.39 is 6.43 Å². The second kappa shape index (κ2) is 7.31. The van der Waals surface area contributed by atoms with Crippen molar-refractivity contribution in [2.24, 2.45) is 0 Å². The van der Waals surface area contributed by atoms with E-state index in [1.165, 1.54) is 4.88 Å². The van der Waals surface area contributed by atoms with Gasteiger partial charge < -0.3 is 10.2 Å². The maximum atomic E-state index is 12.3. The van der Waals surface area contributed by atoms with E-state index >= 15 is 0 Å². The van der Waals surface area contributed by atoms with Gasteiger partial charge in [0.15, 0.2) is 0 Å². The number of rotatable bonds is 6. The summed E-state index contributed by atoms with van der Waals surface area (Å²) < 4.78 is 24.7. The average molecular weight is 288 g/mol. The fourth-order valence-corrected chi connectivity index (χ4v) is 3.66. The summed E-state index contributed by atoms with van der Waals surface area (Å²) in [5.41, 5.74) is 0. The van der Waals surface area contributed by atoms with Crippen LogP contribution in [0.4, 0.5) is 8.78 Å². The Hall–Kier alpha value is -0.520. The zero-order valence-corrected chi connectivity index (χ0v) is 12.1. The van der Waals surface area contributed by atoms with Crippen molar-refractivity contribution >= 4 is 11.3 Å². The summed E-state index contributed by atoms with van der Waals surface area (Å²) in [6.07, 6.45) is -0.187. The van der Waals surface area contributed by atoms with Gasteiger partial charge in [-0.1, -0.05) is 13.0 Å². The number of hydrogen-bond donors (Lipinski definition) is 1. The van der Waals surface area contributed by atoms with Crippen molar-refractivity contribution in [2.45, 2.75) is 38.2 Å². The molecule has 2 heterocycles. The van der Waals surface area contributed by atoms with Crippen molar-refractivity contribution in [3.63, 3.8) is 0 Å². The summed E-state index contributed by atoms with van der Waals surface area (Å²) in [6.45, 7) is 4.97. The Morgan fingerprint density at radius 3 is 2.95 bits per heavy atom. The Kier molecular flexibility index (Phi) is 5.73. The Labute approximate surface area is 117 Å². The van der Waals surface area contributed by atoms with Crippen LogP contribution in [0.15, 0.2) is 17.5 Å². The molecule has 0 saturated carbocycles. The lowest BCUT2D eigenvalue weighted by Crippen LogP contribution is -2.49. The molecule has 1 aromatic heterocycles. The molecule has 0 aliphatic carbocycles. The molecule has 1 saturated heterocycles. The summed E-state index contributed by atoms with van der Waals surface area (Å²) >= 11 is 1.77. The molecule has 1 aliphatic rings. The van der Waals surface area contributed by atoms with E-state index in [9.17, 15) is 8.78 Å². The van der Waals surface area contributed by atoms with Crippen molar-refractivity contribution in [3.05, 3.63) is 22.4 Å². The molecule has 0 radical (unpaired) electrons. The van der Waals surface area contributed by atoms with Crippen LogP contribution in [0.25, 0.3) is 0 Å². The smallest absolute Gasteiger partial charge is 0.250 e. The van der Waals surface area contributed by atoms with E-state index in [2.05, 4.69) is 34.7 Å². The maximum absolute atomic E-state index is 12.3. The van der Waals surface area contributed by atoms with E-state index in [1.807, 2.05) is 0 Å². The van der Waals surface area contributed by atoms with Crippen LogP contribution >= 0.6 is 11.3 Å². The van der Waals surface area contributed by atoms with Crippen molar-refractivity contribution in [3.8, 4) is 0 Å². The number of piperidine rings is 1. The normalized spacial score (nSPS) is 25.1. The number of thiophene rings is 1. The Morgan fingerprint density at radius 1 is 1.47 bits per heavy atom.